The molecule has 1 saturated carbocycles. The van der Waals surface area contributed by atoms with Crippen LogP contribution < -0.4 is 5.32 Å². The van der Waals surface area contributed by atoms with Gasteiger partial charge in [-0.05, 0) is 31.2 Å². The van der Waals surface area contributed by atoms with Gasteiger partial charge < -0.3 is 10.1 Å². The summed E-state index contributed by atoms with van der Waals surface area (Å²) in [5.74, 6) is -0.951. The Hall–Kier alpha value is -2.26. The molecular weight excluding hydrogens is 394 g/mol. The van der Waals surface area contributed by atoms with Crippen LogP contribution in [0.4, 0.5) is 4.79 Å². The largest absolute Gasteiger partial charge is 0.381 e. The molecule has 0 spiro atoms. The summed E-state index contributed by atoms with van der Waals surface area (Å²) in [4.78, 5) is 26.8. The fourth-order valence-electron chi connectivity index (χ4n) is 3.68. The number of carbonyl (C=O) groups is 2. The second-order valence-electron chi connectivity index (χ2n) is 7.20. The fourth-order valence-corrected chi connectivity index (χ4v) is 4.23. The van der Waals surface area contributed by atoms with Gasteiger partial charge in [0, 0.05) is 26.6 Å². The van der Waals surface area contributed by atoms with Crippen LogP contribution in [0, 0.1) is 0 Å². The van der Waals surface area contributed by atoms with E-state index in [0.717, 1.165) is 23.3 Å². The van der Waals surface area contributed by atoms with Crippen molar-refractivity contribution in [2.45, 2.75) is 56.6 Å². The summed E-state index contributed by atoms with van der Waals surface area (Å²) in [6.07, 6.45) is 3.46. The molecule has 8 nitrogen and oxygen atoms in total. The zero-order chi connectivity index (χ0) is 21.4. The van der Waals surface area contributed by atoms with Gasteiger partial charge in [0.25, 0.3) is 5.91 Å². The number of hydrogen-bond donors (Lipinski definition) is 1. The lowest BCUT2D eigenvalue weighted by molar-refractivity contribution is -0.130. The van der Waals surface area contributed by atoms with Gasteiger partial charge in [-0.3, -0.25) is 9.69 Å². The third-order valence-electron chi connectivity index (χ3n) is 5.30. The quantitative estimate of drug-likeness (QED) is 0.623. The molecule has 1 N–H and O–H groups in total. The topological polar surface area (TPSA) is 105 Å². The van der Waals surface area contributed by atoms with Crippen LogP contribution in [0.25, 0.3) is 0 Å². The third-order valence-corrected chi connectivity index (χ3v) is 5.77. The molecule has 1 aliphatic carbocycles. The van der Waals surface area contributed by atoms with E-state index >= 15 is 0 Å². The molecule has 0 radical (unpaired) electrons. The molecule has 9 heteroatoms. The van der Waals surface area contributed by atoms with Gasteiger partial charge in [0.05, 0.1) is 6.10 Å². The van der Waals surface area contributed by atoms with Crippen molar-refractivity contribution in [2.24, 2.45) is 4.36 Å². The van der Waals surface area contributed by atoms with E-state index in [4.69, 9.17) is 4.74 Å². The molecule has 29 heavy (non-hydrogen) atoms. The molecule has 1 aromatic carbocycles. The summed E-state index contributed by atoms with van der Waals surface area (Å²) in [5, 5.41) is 2.47. The van der Waals surface area contributed by atoms with Crippen LogP contribution in [-0.4, -0.2) is 57.6 Å². The normalized spacial score (nSPS) is 21.1. The highest BCUT2D eigenvalue weighted by atomic mass is 32.2. The van der Waals surface area contributed by atoms with E-state index in [0.29, 0.717) is 12.8 Å². The average Bonchev–Trinajstić information content (AvgIpc) is 3.44. The van der Waals surface area contributed by atoms with E-state index in [1.165, 1.54) is 7.05 Å². The number of nitrogens with zero attached hydrogens (tertiary/aromatic N) is 2. The number of benzene rings is 1. The molecule has 0 heterocycles. The molecule has 2 rings (SSSR count). The molecule has 160 valence electrons. The van der Waals surface area contributed by atoms with Crippen molar-refractivity contribution in [3.8, 4) is 0 Å². The summed E-state index contributed by atoms with van der Waals surface area (Å²) in [5.41, 5.74) is -0.626. The summed E-state index contributed by atoms with van der Waals surface area (Å²) >= 11 is 0. The Kier molecular flexibility index (Phi) is 8.33. The number of carbonyl (C=O) groups excluding carboxylic acids is 2. The zero-order valence-corrected chi connectivity index (χ0v) is 17.9. The molecule has 1 aliphatic rings. The lowest BCUT2D eigenvalue weighted by Crippen LogP contribution is -2.48. The SMILES string of the molecule is CCCC(CCCN(C(=O)NC)C(=O)C1(N=S(=O)=O)CC1c1ccccc1)OC. The van der Waals surface area contributed by atoms with E-state index in [9.17, 15) is 18.0 Å². The van der Waals surface area contributed by atoms with Gasteiger partial charge in [-0.1, -0.05) is 43.7 Å². The zero-order valence-electron chi connectivity index (χ0n) is 17.1. The van der Waals surface area contributed by atoms with E-state index in [1.54, 1.807) is 7.11 Å². The summed E-state index contributed by atoms with van der Waals surface area (Å²) in [6.45, 7) is 2.24. The first-order valence-electron chi connectivity index (χ1n) is 9.83. The highest BCUT2D eigenvalue weighted by Crippen LogP contribution is 2.55. The van der Waals surface area contributed by atoms with Crippen LogP contribution in [0.3, 0.4) is 0 Å². The van der Waals surface area contributed by atoms with E-state index < -0.39 is 28.0 Å². The van der Waals surface area contributed by atoms with Gasteiger partial charge in [0.2, 0.25) is 0 Å². The maximum atomic E-state index is 13.3. The molecule has 0 aliphatic heterocycles. The number of rotatable bonds is 10. The Morgan fingerprint density at radius 2 is 2.00 bits per heavy atom. The maximum Gasteiger partial charge on any atom is 0.323 e. The molecular formula is C20H29N3O5S. The third kappa shape index (κ3) is 5.63. The Morgan fingerprint density at radius 1 is 1.31 bits per heavy atom. The smallest absolute Gasteiger partial charge is 0.323 e. The van der Waals surface area contributed by atoms with Crippen molar-refractivity contribution in [2.75, 3.05) is 20.7 Å². The highest BCUT2D eigenvalue weighted by molar-refractivity contribution is 7.61. The van der Waals surface area contributed by atoms with Crippen LogP contribution in [-0.2, 0) is 20.0 Å². The predicted molar refractivity (Wildman–Crippen MR) is 109 cm³/mol. The molecule has 3 amide bonds. The monoisotopic (exact) mass is 423 g/mol. The molecule has 3 atom stereocenters. The van der Waals surface area contributed by atoms with Crippen molar-refractivity contribution in [1.29, 1.82) is 0 Å². The van der Waals surface area contributed by atoms with E-state index in [1.807, 2.05) is 30.3 Å². The van der Waals surface area contributed by atoms with Gasteiger partial charge in [-0.2, -0.15) is 12.8 Å². The van der Waals surface area contributed by atoms with Crippen LogP contribution in [0.1, 0.15) is 50.5 Å². The van der Waals surface area contributed by atoms with Crippen molar-refractivity contribution < 1.29 is 22.7 Å². The van der Waals surface area contributed by atoms with E-state index in [-0.39, 0.29) is 25.0 Å². The Morgan fingerprint density at radius 3 is 2.55 bits per heavy atom. The lowest BCUT2D eigenvalue weighted by Gasteiger charge is -2.24. The Balaban J connectivity index is 2.21. The van der Waals surface area contributed by atoms with E-state index in [2.05, 4.69) is 16.6 Å². The number of urea groups is 1. The number of hydrogen-bond acceptors (Lipinski definition) is 6. The summed E-state index contributed by atoms with van der Waals surface area (Å²) in [6, 6.07) is 8.60. The average molecular weight is 424 g/mol. The lowest BCUT2D eigenvalue weighted by atomic mass is 10.1. The molecule has 3 unspecified atom stereocenters. The minimum Gasteiger partial charge on any atom is -0.381 e. The number of ether oxygens (including phenoxy) is 1. The van der Waals surface area contributed by atoms with Crippen molar-refractivity contribution >= 4 is 22.4 Å². The second-order valence-corrected chi connectivity index (χ2v) is 7.82. The van der Waals surface area contributed by atoms with Crippen molar-refractivity contribution in [3.05, 3.63) is 35.9 Å². The number of nitrogens with one attached hydrogen (secondary N) is 1. The van der Waals surface area contributed by atoms with Gasteiger partial charge in [-0.15, -0.1) is 0 Å². The first-order valence-corrected chi connectivity index (χ1v) is 10.9. The van der Waals surface area contributed by atoms with Crippen molar-refractivity contribution in [1.82, 2.24) is 10.2 Å². The first kappa shape index (κ1) is 23.0. The van der Waals surface area contributed by atoms with Gasteiger partial charge in [0.1, 0.15) is 0 Å². The predicted octanol–water partition coefficient (Wildman–Crippen LogP) is 2.74. The highest BCUT2D eigenvalue weighted by Gasteiger charge is 2.64. The Labute approximate surface area is 173 Å². The van der Waals surface area contributed by atoms with Crippen LogP contribution in [0.15, 0.2) is 34.7 Å². The fraction of sp³-hybridized carbons (Fsp3) is 0.600. The van der Waals surface area contributed by atoms with Crippen LogP contribution in [0.5, 0.6) is 0 Å². The van der Waals surface area contributed by atoms with Crippen LogP contribution in [0.2, 0.25) is 0 Å². The number of imide groups is 1. The number of amides is 3. The van der Waals surface area contributed by atoms with Crippen LogP contribution >= 0.6 is 0 Å². The molecule has 0 aromatic heterocycles. The molecule has 0 bridgehead atoms. The summed E-state index contributed by atoms with van der Waals surface area (Å²) < 4.78 is 31.9. The first-order chi connectivity index (χ1) is 13.9. The van der Waals surface area contributed by atoms with Gasteiger partial charge in [0.15, 0.2) is 5.54 Å². The maximum absolute atomic E-state index is 13.3. The number of methoxy groups -OCH3 is 1. The van der Waals surface area contributed by atoms with Gasteiger partial charge in [-0.25, -0.2) is 4.79 Å². The molecule has 1 fully saturated rings. The molecule has 1 aromatic rings. The summed E-state index contributed by atoms with van der Waals surface area (Å²) in [7, 11) is 0.326. The van der Waals surface area contributed by atoms with Gasteiger partial charge >= 0.3 is 16.5 Å². The standard InChI is InChI=1S/C20H29N3O5S/c1-4-9-16(28-3)12-8-13-23(19(25)21-2)18(24)20(22-29(26)27)14-17(20)15-10-6-5-7-11-15/h5-7,10-11,16-17H,4,8-9,12-14H2,1-3H3,(H,21,25). The van der Waals surface area contributed by atoms with Crippen molar-refractivity contribution in [3.63, 3.8) is 0 Å². The minimum absolute atomic E-state index is 0.0624. The second kappa shape index (κ2) is 10.5. The minimum atomic E-state index is -2.76. The Bertz CT molecular complexity index is 835. The molecule has 0 saturated heterocycles.